The van der Waals surface area contributed by atoms with Crippen molar-refractivity contribution >= 4 is 21.7 Å². The third-order valence-electron chi connectivity index (χ3n) is 2.26. The lowest BCUT2D eigenvalue weighted by molar-refractivity contribution is 0.0957. The van der Waals surface area contributed by atoms with E-state index >= 15 is 0 Å². The molecular weight excluding hydrogens is 296 g/mol. The van der Waals surface area contributed by atoms with Crippen molar-refractivity contribution < 1.29 is 9.53 Å². The maximum Gasteiger partial charge on any atom is 0.186 e. The number of carbonyl (C=O) groups is 1. The molecule has 1 aromatic heterocycles. The summed E-state index contributed by atoms with van der Waals surface area (Å²) in [4.78, 5) is 19.5. The van der Waals surface area contributed by atoms with Gasteiger partial charge in [0.15, 0.2) is 5.78 Å². The number of carbonyl (C=O) groups excluding carboxylic acids is 1. The number of aromatic nitrogens is 2. The highest BCUT2D eigenvalue weighted by atomic mass is 79.9. The van der Waals surface area contributed by atoms with Crippen molar-refractivity contribution in [2.45, 2.75) is 6.42 Å². The molecule has 2 aromatic rings. The van der Waals surface area contributed by atoms with Crippen LogP contribution in [-0.4, -0.2) is 22.4 Å². The number of Topliss-reactive ketones (excluding diaryl/α,β-unsaturated/α-hetero) is 1. The normalized spacial score (nSPS) is 10.1. The van der Waals surface area contributed by atoms with Crippen molar-refractivity contribution in [1.82, 2.24) is 9.97 Å². The summed E-state index contributed by atoms with van der Waals surface area (Å²) in [5.41, 5.74) is 0.372. The van der Waals surface area contributed by atoms with Gasteiger partial charge in [0.05, 0.1) is 12.8 Å². The van der Waals surface area contributed by atoms with Crippen LogP contribution in [0.1, 0.15) is 16.9 Å². The molecule has 0 atom stereocenters. The van der Waals surface area contributed by atoms with Gasteiger partial charge < -0.3 is 4.74 Å². The van der Waals surface area contributed by atoms with Crippen LogP contribution in [-0.2, 0) is 0 Å². The van der Waals surface area contributed by atoms with Crippen LogP contribution < -0.4 is 4.74 Å². The second-order valence-corrected chi connectivity index (χ2v) is 4.48. The summed E-state index contributed by atoms with van der Waals surface area (Å²) < 4.78 is 6.45. The van der Waals surface area contributed by atoms with Gasteiger partial charge in [-0.2, -0.15) is 0 Å². The minimum Gasteiger partial charge on any atom is -0.493 e. The lowest BCUT2D eigenvalue weighted by Crippen LogP contribution is -2.08. The fourth-order valence-corrected chi connectivity index (χ4v) is 1.63. The van der Waals surface area contributed by atoms with Crippen LogP contribution in [0, 0.1) is 0 Å². The zero-order valence-corrected chi connectivity index (χ0v) is 11.1. The Labute approximate surface area is 113 Å². The van der Waals surface area contributed by atoms with E-state index in [1.807, 2.05) is 24.3 Å². The summed E-state index contributed by atoms with van der Waals surface area (Å²) in [5, 5.41) is 0. The Kier molecular flexibility index (Phi) is 4.41. The summed E-state index contributed by atoms with van der Waals surface area (Å²) in [6.45, 7) is 0.330. The zero-order chi connectivity index (χ0) is 12.8. The Morgan fingerprint density at radius 2 is 2.00 bits per heavy atom. The molecule has 4 nitrogen and oxygen atoms in total. The molecule has 0 radical (unpaired) electrons. The first-order chi connectivity index (χ1) is 8.75. The fourth-order valence-electron chi connectivity index (χ4n) is 1.36. The van der Waals surface area contributed by atoms with Crippen LogP contribution in [0.25, 0.3) is 0 Å². The number of hydrogen-bond donors (Lipinski definition) is 0. The summed E-state index contributed by atoms with van der Waals surface area (Å²) >= 11 is 3.34. The Morgan fingerprint density at radius 1 is 1.22 bits per heavy atom. The Hall–Kier alpha value is -1.75. The molecule has 0 fully saturated rings. The van der Waals surface area contributed by atoms with Crippen LogP contribution in [0.5, 0.6) is 5.75 Å². The molecule has 0 amide bonds. The first-order valence-corrected chi connectivity index (χ1v) is 6.22. The molecule has 0 spiro atoms. The van der Waals surface area contributed by atoms with E-state index in [4.69, 9.17) is 4.74 Å². The minimum atomic E-state index is -0.0692. The molecule has 0 aliphatic carbocycles. The molecule has 0 bridgehead atoms. The van der Waals surface area contributed by atoms with Crippen LogP contribution >= 0.6 is 15.9 Å². The molecule has 0 unspecified atom stereocenters. The van der Waals surface area contributed by atoms with Gasteiger partial charge in [-0.1, -0.05) is 15.9 Å². The fraction of sp³-hybridized carbons (Fsp3) is 0.154. The van der Waals surface area contributed by atoms with E-state index in [2.05, 4.69) is 25.9 Å². The number of nitrogens with zero attached hydrogens (tertiary/aromatic N) is 2. The molecule has 5 heteroatoms. The molecule has 1 heterocycles. The standard InChI is InChI=1S/C13H11BrN2O2/c14-10-1-3-11(4-2-10)18-8-5-13(17)12-9-15-6-7-16-12/h1-4,6-7,9H,5,8H2. The summed E-state index contributed by atoms with van der Waals surface area (Å²) in [5.74, 6) is 0.672. The Morgan fingerprint density at radius 3 is 2.67 bits per heavy atom. The highest BCUT2D eigenvalue weighted by Crippen LogP contribution is 2.16. The van der Waals surface area contributed by atoms with E-state index in [9.17, 15) is 4.79 Å². The number of ether oxygens (including phenoxy) is 1. The van der Waals surface area contributed by atoms with Gasteiger partial charge in [0.1, 0.15) is 11.4 Å². The van der Waals surface area contributed by atoms with Gasteiger partial charge in [-0.15, -0.1) is 0 Å². The van der Waals surface area contributed by atoms with Crippen LogP contribution in [0.4, 0.5) is 0 Å². The predicted octanol–water partition coefficient (Wildman–Crippen LogP) is 2.89. The van der Waals surface area contributed by atoms with Gasteiger partial charge in [0, 0.05) is 23.3 Å². The monoisotopic (exact) mass is 306 g/mol. The van der Waals surface area contributed by atoms with Gasteiger partial charge in [0.2, 0.25) is 0 Å². The molecule has 0 saturated carbocycles. The van der Waals surface area contributed by atoms with E-state index in [-0.39, 0.29) is 12.2 Å². The number of benzene rings is 1. The lowest BCUT2D eigenvalue weighted by Gasteiger charge is -2.05. The number of ketones is 1. The zero-order valence-electron chi connectivity index (χ0n) is 9.54. The second-order valence-electron chi connectivity index (χ2n) is 3.57. The topological polar surface area (TPSA) is 52.1 Å². The largest absolute Gasteiger partial charge is 0.493 e. The molecule has 0 N–H and O–H groups in total. The van der Waals surface area contributed by atoms with Crippen LogP contribution in [0.3, 0.4) is 0 Å². The second kappa shape index (κ2) is 6.26. The quantitative estimate of drug-likeness (QED) is 0.797. The van der Waals surface area contributed by atoms with Gasteiger partial charge in [-0.05, 0) is 24.3 Å². The number of halogens is 1. The number of rotatable bonds is 5. The van der Waals surface area contributed by atoms with Gasteiger partial charge in [-0.3, -0.25) is 9.78 Å². The molecular formula is C13H11BrN2O2. The van der Waals surface area contributed by atoms with Gasteiger partial charge in [0.25, 0.3) is 0 Å². The molecule has 92 valence electrons. The smallest absolute Gasteiger partial charge is 0.186 e. The Bertz CT molecular complexity index is 514. The number of hydrogen-bond acceptors (Lipinski definition) is 4. The molecule has 0 aliphatic rings. The maximum absolute atomic E-state index is 11.7. The SMILES string of the molecule is O=C(CCOc1ccc(Br)cc1)c1cnccn1. The highest BCUT2D eigenvalue weighted by Gasteiger charge is 2.07. The first kappa shape index (κ1) is 12.7. The Balaban J connectivity index is 1.82. The van der Waals surface area contributed by atoms with Crippen molar-refractivity contribution in [3.8, 4) is 5.75 Å². The van der Waals surface area contributed by atoms with Crippen molar-refractivity contribution in [3.63, 3.8) is 0 Å². The third kappa shape index (κ3) is 3.63. The van der Waals surface area contributed by atoms with E-state index < -0.39 is 0 Å². The molecule has 0 saturated heterocycles. The molecule has 2 rings (SSSR count). The van der Waals surface area contributed by atoms with Crippen molar-refractivity contribution in [1.29, 1.82) is 0 Å². The van der Waals surface area contributed by atoms with E-state index in [0.29, 0.717) is 12.3 Å². The lowest BCUT2D eigenvalue weighted by atomic mass is 10.2. The van der Waals surface area contributed by atoms with Crippen molar-refractivity contribution in [2.24, 2.45) is 0 Å². The summed E-state index contributed by atoms with van der Waals surface area (Å²) in [6.07, 6.45) is 4.79. The van der Waals surface area contributed by atoms with Gasteiger partial charge >= 0.3 is 0 Å². The van der Waals surface area contributed by atoms with Crippen molar-refractivity contribution in [2.75, 3.05) is 6.61 Å². The van der Waals surface area contributed by atoms with Crippen molar-refractivity contribution in [3.05, 3.63) is 53.0 Å². The summed E-state index contributed by atoms with van der Waals surface area (Å²) in [6, 6.07) is 7.47. The molecule has 1 aromatic carbocycles. The third-order valence-corrected chi connectivity index (χ3v) is 2.79. The van der Waals surface area contributed by atoms with Crippen LogP contribution in [0.2, 0.25) is 0 Å². The molecule has 0 aliphatic heterocycles. The molecule has 18 heavy (non-hydrogen) atoms. The van der Waals surface area contributed by atoms with E-state index in [0.717, 1.165) is 10.2 Å². The average Bonchev–Trinajstić information content (AvgIpc) is 2.42. The van der Waals surface area contributed by atoms with Gasteiger partial charge in [-0.25, -0.2) is 4.98 Å². The summed E-state index contributed by atoms with van der Waals surface area (Å²) in [7, 11) is 0. The maximum atomic E-state index is 11.7. The predicted molar refractivity (Wildman–Crippen MR) is 70.6 cm³/mol. The average molecular weight is 307 g/mol. The van der Waals surface area contributed by atoms with E-state index in [1.54, 1.807) is 0 Å². The first-order valence-electron chi connectivity index (χ1n) is 5.43. The van der Waals surface area contributed by atoms with Crippen LogP contribution in [0.15, 0.2) is 47.3 Å². The van der Waals surface area contributed by atoms with E-state index in [1.165, 1.54) is 18.6 Å². The minimum absolute atomic E-state index is 0.0692. The highest BCUT2D eigenvalue weighted by molar-refractivity contribution is 9.10.